The van der Waals surface area contributed by atoms with Gasteiger partial charge in [-0.2, -0.15) is 0 Å². The number of alkyl halides is 3. The number of carbonyl (C=O) groups is 1. The predicted octanol–water partition coefficient (Wildman–Crippen LogP) is 3.65. The fraction of sp³-hybridized carbons (Fsp3) is 0.606. The molecule has 0 aromatic carbocycles. The number of aromatic nitrogens is 2. The molecule has 4 fully saturated rings. The van der Waals surface area contributed by atoms with Crippen molar-refractivity contribution in [3.8, 4) is 0 Å². The monoisotopic (exact) mass is 624 g/mol. The first-order valence-electron chi connectivity index (χ1n) is 16.1. The van der Waals surface area contributed by atoms with Crippen molar-refractivity contribution in [3.05, 3.63) is 59.1 Å². The number of hydrogen-bond acceptors (Lipinski definition) is 8. The third kappa shape index (κ3) is 4.50. The van der Waals surface area contributed by atoms with Gasteiger partial charge in [0, 0.05) is 99.8 Å². The van der Waals surface area contributed by atoms with E-state index in [2.05, 4.69) is 33.2 Å². The van der Waals surface area contributed by atoms with Crippen molar-refractivity contribution in [2.45, 2.75) is 68.5 Å². The van der Waals surface area contributed by atoms with Gasteiger partial charge in [0.2, 0.25) is 5.91 Å². The zero-order chi connectivity index (χ0) is 31.1. The van der Waals surface area contributed by atoms with E-state index >= 15 is 4.39 Å². The van der Waals surface area contributed by atoms with Gasteiger partial charge < -0.3 is 24.2 Å². The topological polar surface area (TPSA) is 74.3 Å². The quantitative estimate of drug-likeness (QED) is 0.478. The Morgan fingerprint density at radius 2 is 1.87 bits per heavy atom. The van der Waals surface area contributed by atoms with Crippen molar-refractivity contribution in [2.75, 3.05) is 68.8 Å². The molecule has 6 aliphatic rings. The number of hydrogen-bond donors (Lipinski definition) is 0. The molecule has 2 aromatic rings. The van der Waals surface area contributed by atoms with Gasteiger partial charge in [0.1, 0.15) is 23.3 Å². The van der Waals surface area contributed by atoms with Crippen molar-refractivity contribution in [1.82, 2.24) is 19.8 Å². The summed E-state index contributed by atoms with van der Waals surface area (Å²) in [7, 11) is 0. The van der Waals surface area contributed by atoms with Crippen molar-refractivity contribution >= 4 is 17.4 Å². The number of halogens is 3. The molecular weight excluding hydrogens is 585 g/mol. The highest BCUT2D eigenvalue weighted by Crippen LogP contribution is 2.55. The van der Waals surface area contributed by atoms with Crippen LogP contribution >= 0.6 is 0 Å². The van der Waals surface area contributed by atoms with Crippen LogP contribution in [0.3, 0.4) is 0 Å². The number of fused-ring (bicyclic) bond motifs is 6. The van der Waals surface area contributed by atoms with Gasteiger partial charge in [-0.05, 0) is 37.5 Å². The van der Waals surface area contributed by atoms with E-state index in [1.807, 2.05) is 18.3 Å². The normalized spacial score (nSPS) is 28.3. The summed E-state index contributed by atoms with van der Waals surface area (Å²) in [6.45, 7) is 11.1. The van der Waals surface area contributed by atoms with E-state index in [4.69, 9.17) is 14.5 Å². The third-order valence-corrected chi connectivity index (χ3v) is 11.1. The summed E-state index contributed by atoms with van der Waals surface area (Å²) in [5.74, 6) is 0.435. The molecule has 12 heteroatoms. The number of rotatable bonds is 4. The highest BCUT2D eigenvalue weighted by atomic mass is 19.3. The third-order valence-electron chi connectivity index (χ3n) is 11.1. The molecule has 240 valence electrons. The summed E-state index contributed by atoms with van der Waals surface area (Å²) in [6.07, 6.45) is 0.710. The van der Waals surface area contributed by atoms with Crippen LogP contribution in [0.4, 0.5) is 24.7 Å². The Morgan fingerprint density at radius 3 is 2.53 bits per heavy atom. The van der Waals surface area contributed by atoms with E-state index in [0.717, 1.165) is 16.8 Å². The van der Waals surface area contributed by atoms with Crippen LogP contribution in [-0.2, 0) is 31.9 Å². The summed E-state index contributed by atoms with van der Waals surface area (Å²) >= 11 is 0. The van der Waals surface area contributed by atoms with Crippen molar-refractivity contribution in [2.24, 2.45) is 0 Å². The maximum atomic E-state index is 15.4. The van der Waals surface area contributed by atoms with Crippen LogP contribution in [0.2, 0.25) is 0 Å². The summed E-state index contributed by atoms with van der Waals surface area (Å²) in [4.78, 5) is 29.6. The lowest BCUT2D eigenvalue weighted by Gasteiger charge is -2.55. The molecule has 0 radical (unpaired) electrons. The molecular formula is C33H39F3N6O3. The summed E-state index contributed by atoms with van der Waals surface area (Å²) < 4.78 is 57.0. The van der Waals surface area contributed by atoms with Crippen LogP contribution in [0, 0.1) is 6.92 Å². The molecule has 3 atom stereocenters. The van der Waals surface area contributed by atoms with Gasteiger partial charge in [0.05, 0.1) is 18.9 Å². The van der Waals surface area contributed by atoms with Crippen LogP contribution in [0.25, 0.3) is 0 Å². The van der Waals surface area contributed by atoms with Gasteiger partial charge in [-0.25, -0.2) is 18.2 Å². The maximum absolute atomic E-state index is 15.4. The number of carbonyl (C=O) groups excluding carboxylic acids is 1. The largest absolute Gasteiger partial charge is 0.374 e. The van der Waals surface area contributed by atoms with Gasteiger partial charge in [0.15, 0.2) is 5.60 Å². The first kappa shape index (κ1) is 29.2. The fourth-order valence-electron chi connectivity index (χ4n) is 8.67. The Hall–Kier alpha value is -3.22. The Labute approximate surface area is 261 Å². The fourth-order valence-corrected chi connectivity index (χ4v) is 8.67. The Morgan fingerprint density at radius 1 is 1.11 bits per heavy atom. The molecule has 4 saturated heterocycles. The van der Waals surface area contributed by atoms with Crippen LogP contribution < -0.4 is 9.80 Å². The molecule has 6 aliphatic heterocycles. The number of piperidine rings is 1. The van der Waals surface area contributed by atoms with E-state index in [9.17, 15) is 13.6 Å². The second kappa shape index (κ2) is 10.7. The van der Waals surface area contributed by atoms with Crippen LogP contribution in [-0.4, -0.2) is 103 Å². The van der Waals surface area contributed by atoms with Crippen LogP contribution in [0.1, 0.15) is 53.8 Å². The van der Waals surface area contributed by atoms with Crippen molar-refractivity contribution in [3.63, 3.8) is 0 Å². The van der Waals surface area contributed by atoms with Gasteiger partial charge in [-0.15, -0.1) is 0 Å². The molecule has 2 aromatic heterocycles. The lowest BCUT2D eigenvalue weighted by atomic mass is 9.81. The SMILES string of the molecule is C=CC(=O)N1CCN(C2CN3c4cc(N5CCC6(CC5)OC5(COC5)c5nccc(C)c56)nc(C(F)F)c4CC(F)CC23)CC1. The zero-order valence-corrected chi connectivity index (χ0v) is 25.6. The second-order valence-electron chi connectivity index (χ2n) is 13.5. The predicted molar refractivity (Wildman–Crippen MR) is 161 cm³/mol. The molecule has 0 saturated carbocycles. The molecule has 2 spiro atoms. The van der Waals surface area contributed by atoms with Crippen molar-refractivity contribution in [1.29, 1.82) is 0 Å². The van der Waals surface area contributed by atoms with Gasteiger partial charge in [-0.1, -0.05) is 6.58 Å². The van der Waals surface area contributed by atoms with Gasteiger partial charge >= 0.3 is 0 Å². The standard InChI is InChI=1S/C33H39F3N6O3/c1-3-27(43)41-12-10-39(11-13-41)25-17-42-23-16-26(38-29(31(35)36)22(23)14-21(34)15-24(25)42)40-8-5-32(6-9-40)28-20(2)4-7-37-30(28)33(45-32)18-44-19-33/h3-4,7,16,21,24-25,31H,1,5-6,8-15,17-19H2,2H3. The highest BCUT2D eigenvalue weighted by Gasteiger charge is 2.59. The average Bonchev–Trinajstić information content (AvgIpc) is 3.26. The maximum Gasteiger partial charge on any atom is 0.280 e. The molecule has 45 heavy (non-hydrogen) atoms. The molecule has 8 rings (SSSR count). The Bertz CT molecular complexity index is 1520. The minimum atomic E-state index is -2.80. The molecule has 8 heterocycles. The first-order valence-corrected chi connectivity index (χ1v) is 16.1. The molecule has 9 nitrogen and oxygen atoms in total. The average molecular weight is 625 g/mol. The highest BCUT2D eigenvalue weighted by molar-refractivity contribution is 5.87. The van der Waals surface area contributed by atoms with Gasteiger partial charge in [0.25, 0.3) is 6.43 Å². The minimum Gasteiger partial charge on any atom is -0.374 e. The summed E-state index contributed by atoms with van der Waals surface area (Å²) in [5, 5.41) is 0. The first-order chi connectivity index (χ1) is 21.7. The van der Waals surface area contributed by atoms with Crippen molar-refractivity contribution < 1.29 is 27.4 Å². The lowest BCUT2D eigenvalue weighted by Crippen LogP contribution is -2.69. The smallest absolute Gasteiger partial charge is 0.280 e. The summed E-state index contributed by atoms with van der Waals surface area (Å²) in [6, 6.07) is 3.93. The summed E-state index contributed by atoms with van der Waals surface area (Å²) in [5.41, 5.74) is 2.97. The minimum absolute atomic E-state index is 0.0617. The van der Waals surface area contributed by atoms with E-state index in [0.29, 0.717) is 88.9 Å². The molecule has 1 amide bonds. The number of pyridine rings is 2. The van der Waals surface area contributed by atoms with E-state index in [-0.39, 0.29) is 36.5 Å². The molecule has 3 unspecified atom stereocenters. The van der Waals surface area contributed by atoms with E-state index < -0.39 is 23.8 Å². The molecule has 0 bridgehead atoms. The zero-order valence-electron chi connectivity index (χ0n) is 25.6. The number of piperazine rings is 1. The van der Waals surface area contributed by atoms with Crippen LogP contribution in [0.5, 0.6) is 0 Å². The number of amides is 1. The van der Waals surface area contributed by atoms with Gasteiger partial charge in [-0.3, -0.25) is 14.7 Å². The Kier molecular flexibility index (Phi) is 6.92. The number of nitrogens with zero attached hydrogens (tertiary/aromatic N) is 6. The van der Waals surface area contributed by atoms with E-state index in [1.165, 1.54) is 6.08 Å². The molecule has 0 aliphatic carbocycles. The van der Waals surface area contributed by atoms with E-state index in [1.54, 1.807) is 4.90 Å². The number of ether oxygens (including phenoxy) is 2. The number of aryl methyl sites for hydroxylation is 1. The number of anilines is 2. The molecule has 0 N–H and O–H groups in total. The van der Waals surface area contributed by atoms with Crippen LogP contribution in [0.15, 0.2) is 31.0 Å². The Balaban J connectivity index is 1.05. The lowest BCUT2D eigenvalue weighted by molar-refractivity contribution is -0.260. The second-order valence-corrected chi connectivity index (χ2v) is 13.5.